The minimum Gasteiger partial charge on any atom is -0.448 e. The summed E-state index contributed by atoms with van der Waals surface area (Å²) in [5, 5.41) is 6.69. The summed E-state index contributed by atoms with van der Waals surface area (Å²) in [5.74, 6) is 1.18. The lowest BCUT2D eigenvalue weighted by molar-refractivity contribution is 0.168. The fourth-order valence-electron chi connectivity index (χ4n) is 2.68. The summed E-state index contributed by atoms with van der Waals surface area (Å²) in [6.07, 6.45) is -1.22. The van der Waals surface area contributed by atoms with Gasteiger partial charge in [0.2, 0.25) is 0 Å². The summed E-state index contributed by atoms with van der Waals surface area (Å²) >= 11 is 21.7. The van der Waals surface area contributed by atoms with Crippen molar-refractivity contribution in [3.05, 3.63) is 79.7 Å². The van der Waals surface area contributed by atoms with Crippen molar-refractivity contribution in [2.45, 2.75) is 9.79 Å². The van der Waals surface area contributed by atoms with E-state index in [0.29, 0.717) is 41.9 Å². The topological polar surface area (TPSA) is 76.7 Å². The minimum absolute atomic E-state index is 0.221. The molecule has 0 bridgehead atoms. The Hall–Kier alpha value is -1.56. The summed E-state index contributed by atoms with van der Waals surface area (Å²) in [6, 6.07) is 18.2. The maximum Gasteiger partial charge on any atom is 0.411 e. The summed E-state index contributed by atoms with van der Waals surface area (Å²) in [7, 11) is 0. The summed E-state index contributed by atoms with van der Waals surface area (Å²) in [6.45, 7) is 0.442. The molecule has 0 unspecified atom stereocenters. The SMILES string of the molecule is O=C(Nc1cc(NC(=O)OCCSc2ccc(Cl)cc2)c(Br)cc1Br)OCCSc1ccc(Cl)cc1. The average Bonchev–Trinajstić information content (AvgIpc) is 2.85. The first-order chi connectivity index (χ1) is 17.3. The number of halogens is 4. The van der Waals surface area contributed by atoms with Crippen molar-refractivity contribution in [1.82, 2.24) is 0 Å². The molecule has 0 aliphatic rings. The van der Waals surface area contributed by atoms with Gasteiger partial charge in [-0.1, -0.05) is 23.2 Å². The van der Waals surface area contributed by atoms with Gasteiger partial charge in [-0.05, 0) is 92.5 Å². The minimum atomic E-state index is -0.609. The molecule has 190 valence electrons. The molecule has 0 aliphatic heterocycles. The smallest absolute Gasteiger partial charge is 0.411 e. The third-order valence-electron chi connectivity index (χ3n) is 4.33. The molecule has 3 aromatic carbocycles. The molecule has 12 heteroatoms. The van der Waals surface area contributed by atoms with E-state index < -0.39 is 12.2 Å². The zero-order valence-corrected chi connectivity index (χ0v) is 24.9. The van der Waals surface area contributed by atoms with Gasteiger partial charge in [-0.2, -0.15) is 0 Å². The van der Waals surface area contributed by atoms with Crippen LogP contribution in [0.4, 0.5) is 21.0 Å². The van der Waals surface area contributed by atoms with Gasteiger partial charge in [0.05, 0.1) is 11.4 Å². The third kappa shape index (κ3) is 10.1. The van der Waals surface area contributed by atoms with Gasteiger partial charge in [0.1, 0.15) is 13.2 Å². The number of hydrogen-bond donors (Lipinski definition) is 2. The molecule has 0 saturated carbocycles. The maximum absolute atomic E-state index is 12.2. The van der Waals surface area contributed by atoms with E-state index >= 15 is 0 Å². The van der Waals surface area contributed by atoms with Gasteiger partial charge in [-0.25, -0.2) is 9.59 Å². The van der Waals surface area contributed by atoms with Gasteiger partial charge in [-0.3, -0.25) is 10.6 Å². The summed E-state index contributed by atoms with van der Waals surface area (Å²) in [4.78, 5) is 26.5. The van der Waals surface area contributed by atoms with Crippen LogP contribution in [0.2, 0.25) is 10.0 Å². The Morgan fingerprint density at radius 2 is 1.08 bits per heavy atom. The maximum atomic E-state index is 12.2. The van der Waals surface area contributed by atoms with Crippen molar-refractivity contribution in [3.8, 4) is 0 Å². The Kier molecular flexibility index (Phi) is 12.1. The van der Waals surface area contributed by atoms with Crippen LogP contribution >= 0.6 is 78.6 Å². The molecule has 0 atom stereocenters. The Bertz CT molecular complexity index is 1100. The Balaban J connectivity index is 1.43. The van der Waals surface area contributed by atoms with Crippen molar-refractivity contribution in [3.63, 3.8) is 0 Å². The van der Waals surface area contributed by atoms with E-state index in [-0.39, 0.29) is 13.2 Å². The number of anilines is 2. The van der Waals surface area contributed by atoms with Crippen molar-refractivity contribution < 1.29 is 19.1 Å². The van der Waals surface area contributed by atoms with Crippen LogP contribution in [0.15, 0.2) is 79.4 Å². The standard InChI is InChI=1S/C24H20Br2Cl2N2O4S2/c25-19-13-20(26)22(30-24(32)34-10-12-36-18-7-3-16(28)4-8-18)14-21(19)29-23(31)33-9-11-35-17-5-1-15(27)2-6-17/h1-8,13-14H,9-12H2,(H,29,31)(H,30,32). The first-order valence-corrected chi connectivity index (χ1v) is 14.7. The van der Waals surface area contributed by atoms with Crippen LogP contribution in [0.25, 0.3) is 0 Å². The van der Waals surface area contributed by atoms with E-state index in [1.807, 2.05) is 48.5 Å². The molecule has 2 amide bonds. The molecule has 0 radical (unpaired) electrons. The van der Waals surface area contributed by atoms with Gasteiger partial charge in [-0.15, -0.1) is 23.5 Å². The lowest BCUT2D eigenvalue weighted by Crippen LogP contribution is -2.17. The molecule has 2 N–H and O–H groups in total. The lowest BCUT2D eigenvalue weighted by Gasteiger charge is -2.13. The number of nitrogens with one attached hydrogen (secondary N) is 2. The molecule has 36 heavy (non-hydrogen) atoms. The molecular formula is C24H20Br2Cl2N2O4S2. The highest BCUT2D eigenvalue weighted by molar-refractivity contribution is 9.11. The van der Waals surface area contributed by atoms with E-state index in [0.717, 1.165) is 9.79 Å². The van der Waals surface area contributed by atoms with Gasteiger partial charge >= 0.3 is 12.2 Å². The quantitative estimate of drug-likeness (QED) is 0.163. The number of carbonyl (C=O) groups excluding carboxylic acids is 2. The normalized spacial score (nSPS) is 10.6. The van der Waals surface area contributed by atoms with E-state index in [9.17, 15) is 9.59 Å². The highest BCUT2D eigenvalue weighted by Crippen LogP contribution is 2.33. The second kappa shape index (κ2) is 15.0. The number of ether oxygens (including phenoxy) is 2. The largest absolute Gasteiger partial charge is 0.448 e. The molecule has 3 rings (SSSR count). The van der Waals surface area contributed by atoms with Crippen LogP contribution in [0.1, 0.15) is 0 Å². The van der Waals surface area contributed by atoms with Gasteiger partial charge in [0.15, 0.2) is 0 Å². The molecule has 0 spiro atoms. The zero-order valence-electron chi connectivity index (χ0n) is 18.6. The molecule has 0 heterocycles. The van der Waals surface area contributed by atoms with Crippen LogP contribution in [0.5, 0.6) is 0 Å². The van der Waals surface area contributed by atoms with Crippen LogP contribution in [-0.2, 0) is 9.47 Å². The van der Waals surface area contributed by atoms with E-state index in [1.165, 1.54) is 0 Å². The molecule has 0 saturated heterocycles. The number of hydrogen-bond acceptors (Lipinski definition) is 6. The molecule has 0 aromatic heterocycles. The van der Waals surface area contributed by atoms with Crippen molar-refractivity contribution in [2.24, 2.45) is 0 Å². The first-order valence-electron chi connectivity index (χ1n) is 10.4. The lowest BCUT2D eigenvalue weighted by atomic mass is 10.3. The first kappa shape index (κ1) is 29.0. The van der Waals surface area contributed by atoms with Crippen molar-refractivity contribution in [2.75, 3.05) is 35.4 Å². The molecule has 0 aliphatic carbocycles. The summed E-state index contributed by atoms with van der Waals surface area (Å²) in [5.41, 5.74) is 0.865. The average molecular weight is 695 g/mol. The Morgan fingerprint density at radius 3 is 1.47 bits per heavy atom. The Morgan fingerprint density at radius 1 is 0.694 bits per heavy atom. The number of amides is 2. The highest BCUT2D eigenvalue weighted by atomic mass is 79.9. The van der Waals surface area contributed by atoms with Gasteiger partial charge in [0, 0.05) is 40.3 Å². The highest BCUT2D eigenvalue weighted by Gasteiger charge is 2.13. The predicted molar refractivity (Wildman–Crippen MR) is 156 cm³/mol. The fourth-order valence-corrected chi connectivity index (χ4v) is 5.59. The fraction of sp³-hybridized carbons (Fsp3) is 0.167. The summed E-state index contributed by atoms with van der Waals surface area (Å²) < 4.78 is 11.7. The number of thioether (sulfide) groups is 2. The molecular weight excluding hydrogens is 675 g/mol. The monoisotopic (exact) mass is 692 g/mol. The van der Waals surface area contributed by atoms with Crippen LogP contribution in [-0.4, -0.2) is 36.9 Å². The van der Waals surface area contributed by atoms with E-state index in [1.54, 1.807) is 35.7 Å². The Labute approximate surface area is 244 Å². The zero-order chi connectivity index (χ0) is 25.9. The van der Waals surface area contributed by atoms with Gasteiger partial charge < -0.3 is 9.47 Å². The van der Waals surface area contributed by atoms with Crippen LogP contribution in [0.3, 0.4) is 0 Å². The number of rotatable bonds is 10. The number of benzene rings is 3. The number of carbonyl (C=O) groups is 2. The van der Waals surface area contributed by atoms with Gasteiger partial charge in [0.25, 0.3) is 0 Å². The second-order valence-corrected chi connectivity index (χ2v) is 11.9. The molecule has 6 nitrogen and oxygen atoms in total. The van der Waals surface area contributed by atoms with Crippen molar-refractivity contribution in [1.29, 1.82) is 0 Å². The van der Waals surface area contributed by atoms with Crippen LogP contribution in [0, 0.1) is 0 Å². The molecule has 3 aromatic rings. The molecule has 0 fully saturated rings. The van der Waals surface area contributed by atoms with E-state index in [2.05, 4.69) is 42.5 Å². The van der Waals surface area contributed by atoms with E-state index in [4.69, 9.17) is 32.7 Å². The van der Waals surface area contributed by atoms with Crippen LogP contribution < -0.4 is 10.6 Å². The second-order valence-electron chi connectivity index (χ2n) is 6.94. The predicted octanol–water partition coefficient (Wildman–Crippen LogP) is 9.20. The third-order valence-corrected chi connectivity index (χ3v) is 8.10. The van der Waals surface area contributed by atoms with Crippen molar-refractivity contribution >= 4 is 102 Å².